The van der Waals surface area contributed by atoms with E-state index in [9.17, 15) is 9.59 Å². The molecule has 0 N–H and O–H groups in total. The number of hydrogen-bond acceptors (Lipinski definition) is 3. The first-order chi connectivity index (χ1) is 6.66. The van der Waals surface area contributed by atoms with Crippen LogP contribution in [0.3, 0.4) is 0 Å². The average molecular weight is 213 g/mol. The quantitative estimate of drug-likeness (QED) is 0.331. The molecule has 1 aromatic rings. The molecule has 0 amide bonds. The van der Waals surface area contributed by atoms with Gasteiger partial charge in [-0.2, -0.15) is 0 Å². The average Bonchev–Trinajstić information content (AvgIpc) is 2.27. The van der Waals surface area contributed by atoms with Crippen molar-refractivity contribution in [3.8, 4) is 0 Å². The van der Waals surface area contributed by atoms with Crippen LogP contribution in [0.5, 0.6) is 0 Å². The van der Waals surface area contributed by atoms with Crippen LogP contribution < -0.4 is 0 Å². The lowest BCUT2D eigenvalue weighted by Gasteiger charge is -2.05. The van der Waals surface area contributed by atoms with E-state index in [2.05, 4.69) is 4.74 Å². The number of esters is 1. The molecule has 0 fully saturated rings. The summed E-state index contributed by atoms with van der Waals surface area (Å²) in [4.78, 5) is 22.5. The summed E-state index contributed by atoms with van der Waals surface area (Å²) in [6.45, 7) is 0. The second kappa shape index (κ2) is 4.77. The number of ketones is 1. The van der Waals surface area contributed by atoms with Crippen LogP contribution in [0.2, 0.25) is 0 Å². The van der Waals surface area contributed by atoms with Crippen molar-refractivity contribution in [3.05, 3.63) is 35.9 Å². The fourth-order valence-electron chi connectivity index (χ4n) is 0.959. The van der Waals surface area contributed by atoms with Crippen LogP contribution in [-0.4, -0.2) is 24.2 Å². The molecule has 0 bridgehead atoms. The summed E-state index contributed by atoms with van der Waals surface area (Å²) < 4.78 is 4.36. The Labute approximate surface area is 86.6 Å². The van der Waals surface area contributed by atoms with Crippen LogP contribution in [0.1, 0.15) is 10.4 Å². The summed E-state index contributed by atoms with van der Waals surface area (Å²) >= 11 is 5.59. The Bertz CT molecular complexity index is 334. The summed E-state index contributed by atoms with van der Waals surface area (Å²) in [5.74, 6) is -1.18. The number of carbonyl (C=O) groups is 2. The largest absolute Gasteiger partial charge is 0.468 e. The van der Waals surface area contributed by atoms with Gasteiger partial charge in [-0.15, -0.1) is 11.6 Å². The normalized spacial score (nSPS) is 11.9. The summed E-state index contributed by atoms with van der Waals surface area (Å²) in [6, 6.07) is 8.38. The maximum atomic E-state index is 11.5. The molecule has 0 unspecified atom stereocenters. The number of alkyl halides is 1. The molecule has 0 spiro atoms. The van der Waals surface area contributed by atoms with Gasteiger partial charge in [-0.3, -0.25) is 4.79 Å². The van der Waals surface area contributed by atoms with Crippen molar-refractivity contribution in [2.75, 3.05) is 7.11 Å². The van der Waals surface area contributed by atoms with Gasteiger partial charge in [0, 0.05) is 5.56 Å². The fourth-order valence-corrected chi connectivity index (χ4v) is 1.17. The van der Waals surface area contributed by atoms with Crippen molar-refractivity contribution < 1.29 is 14.3 Å². The zero-order valence-electron chi connectivity index (χ0n) is 7.57. The molecule has 1 aromatic carbocycles. The molecular formula is C10H9ClO3. The zero-order valence-corrected chi connectivity index (χ0v) is 8.32. The van der Waals surface area contributed by atoms with Crippen LogP contribution in [0, 0.1) is 0 Å². The van der Waals surface area contributed by atoms with Crippen molar-refractivity contribution in [1.29, 1.82) is 0 Å². The van der Waals surface area contributed by atoms with Crippen molar-refractivity contribution in [1.82, 2.24) is 0 Å². The second-order valence-electron chi connectivity index (χ2n) is 2.62. The fraction of sp³-hybridized carbons (Fsp3) is 0.200. The molecule has 4 heteroatoms. The van der Waals surface area contributed by atoms with E-state index in [1.807, 2.05) is 0 Å². The Kier molecular flexibility index (Phi) is 3.65. The van der Waals surface area contributed by atoms with E-state index >= 15 is 0 Å². The molecular weight excluding hydrogens is 204 g/mol. The third kappa shape index (κ3) is 2.33. The molecule has 1 atom stereocenters. The third-order valence-corrected chi connectivity index (χ3v) is 2.07. The summed E-state index contributed by atoms with van der Waals surface area (Å²) in [5, 5.41) is -1.26. The van der Waals surface area contributed by atoms with Crippen LogP contribution in [0.25, 0.3) is 0 Å². The first kappa shape index (κ1) is 10.7. The minimum Gasteiger partial charge on any atom is -0.468 e. The van der Waals surface area contributed by atoms with Gasteiger partial charge in [0.05, 0.1) is 7.11 Å². The van der Waals surface area contributed by atoms with E-state index in [4.69, 9.17) is 11.6 Å². The van der Waals surface area contributed by atoms with Crippen molar-refractivity contribution in [2.24, 2.45) is 0 Å². The second-order valence-corrected chi connectivity index (χ2v) is 3.05. The first-order valence-electron chi connectivity index (χ1n) is 3.98. The standard InChI is InChI=1S/C10H9ClO3/c1-14-10(13)8(11)9(12)7-5-3-2-4-6-7/h2-6,8H,1H3/t8-/m0/s1. The number of benzene rings is 1. The van der Waals surface area contributed by atoms with Gasteiger partial charge in [0.1, 0.15) is 0 Å². The van der Waals surface area contributed by atoms with Crippen molar-refractivity contribution >= 4 is 23.4 Å². The number of ether oxygens (including phenoxy) is 1. The molecule has 0 heterocycles. The van der Waals surface area contributed by atoms with Crippen LogP contribution >= 0.6 is 11.6 Å². The summed E-state index contributed by atoms with van der Waals surface area (Å²) in [7, 11) is 1.19. The Hall–Kier alpha value is -1.35. The number of hydrogen-bond donors (Lipinski definition) is 0. The lowest BCUT2D eigenvalue weighted by Crippen LogP contribution is -2.25. The molecule has 0 aliphatic rings. The Morgan fingerprint density at radius 1 is 1.29 bits per heavy atom. The molecule has 0 aliphatic carbocycles. The van der Waals surface area contributed by atoms with Gasteiger partial charge in [-0.25, -0.2) is 4.79 Å². The van der Waals surface area contributed by atoms with Crippen LogP contribution in [-0.2, 0) is 9.53 Å². The van der Waals surface area contributed by atoms with Gasteiger partial charge < -0.3 is 4.74 Å². The van der Waals surface area contributed by atoms with E-state index in [0.717, 1.165) is 0 Å². The highest BCUT2D eigenvalue weighted by molar-refractivity contribution is 6.43. The van der Waals surface area contributed by atoms with E-state index < -0.39 is 17.1 Å². The maximum Gasteiger partial charge on any atom is 0.331 e. The molecule has 3 nitrogen and oxygen atoms in total. The third-order valence-electron chi connectivity index (χ3n) is 1.70. The predicted molar refractivity (Wildman–Crippen MR) is 52.4 cm³/mol. The van der Waals surface area contributed by atoms with Crippen molar-refractivity contribution in [2.45, 2.75) is 5.38 Å². The first-order valence-corrected chi connectivity index (χ1v) is 4.41. The lowest BCUT2D eigenvalue weighted by molar-refractivity contribution is -0.139. The van der Waals surface area contributed by atoms with Gasteiger partial charge in [0.25, 0.3) is 0 Å². The zero-order chi connectivity index (χ0) is 10.6. The van der Waals surface area contributed by atoms with Gasteiger partial charge in [0.2, 0.25) is 0 Å². The topological polar surface area (TPSA) is 43.4 Å². The van der Waals surface area contributed by atoms with E-state index in [-0.39, 0.29) is 0 Å². The summed E-state index contributed by atoms with van der Waals surface area (Å²) in [5.41, 5.74) is 0.401. The highest BCUT2D eigenvalue weighted by Crippen LogP contribution is 2.09. The Balaban J connectivity index is 2.81. The summed E-state index contributed by atoms with van der Waals surface area (Å²) in [6.07, 6.45) is 0. The SMILES string of the molecule is COC(=O)[C@@H](Cl)C(=O)c1ccccc1. The molecule has 0 saturated carbocycles. The predicted octanol–water partition coefficient (Wildman–Crippen LogP) is 1.65. The minimum atomic E-state index is -1.26. The van der Waals surface area contributed by atoms with E-state index in [1.54, 1.807) is 30.3 Å². The molecule has 0 saturated heterocycles. The smallest absolute Gasteiger partial charge is 0.331 e. The maximum absolute atomic E-state index is 11.5. The monoisotopic (exact) mass is 212 g/mol. The molecule has 0 aromatic heterocycles. The lowest BCUT2D eigenvalue weighted by atomic mass is 10.1. The van der Waals surface area contributed by atoms with Crippen molar-refractivity contribution in [3.63, 3.8) is 0 Å². The Morgan fingerprint density at radius 2 is 1.86 bits per heavy atom. The number of halogens is 1. The highest BCUT2D eigenvalue weighted by atomic mass is 35.5. The van der Waals surface area contributed by atoms with Crippen LogP contribution in [0.4, 0.5) is 0 Å². The minimum absolute atomic E-state index is 0.401. The van der Waals surface area contributed by atoms with Gasteiger partial charge in [0.15, 0.2) is 11.2 Å². The highest BCUT2D eigenvalue weighted by Gasteiger charge is 2.25. The van der Waals surface area contributed by atoms with Gasteiger partial charge in [-0.1, -0.05) is 30.3 Å². The number of carbonyl (C=O) groups excluding carboxylic acids is 2. The number of rotatable bonds is 3. The van der Waals surface area contributed by atoms with E-state index in [0.29, 0.717) is 5.56 Å². The molecule has 14 heavy (non-hydrogen) atoms. The molecule has 74 valence electrons. The van der Waals surface area contributed by atoms with Gasteiger partial charge >= 0.3 is 5.97 Å². The van der Waals surface area contributed by atoms with Gasteiger partial charge in [-0.05, 0) is 0 Å². The Morgan fingerprint density at radius 3 is 2.36 bits per heavy atom. The van der Waals surface area contributed by atoms with E-state index in [1.165, 1.54) is 7.11 Å². The molecule has 0 radical (unpaired) electrons. The van der Waals surface area contributed by atoms with Crippen LogP contribution in [0.15, 0.2) is 30.3 Å². The molecule has 1 rings (SSSR count). The number of Topliss-reactive ketones (excluding diaryl/α,β-unsaturated/α-hetero) is 1. The molecule has 0 aliphatic heterocycles. The number of methoxy groups -OCH3 is 1.